The number of ether oxygens (including phenoxy) is 1. The molecule has 2 aromatic carbocycles. The van der Waals surface area contributed by atoms with Crippen molar-refractivity contribution >= 4 is 11.6 Å². The van der Waals surface area contributed by atoms with Gasteiger partial charge in [-0.15, -0.1) is 0 Å². The molecule has 1 aromatic heterocycles. The summed E-state index contributed by atoms with van der Waals surface area (Å²) in [7, 11) is 0. The van der Waals surface area contributed by atoms with Gasteiger partial charge in [0.1, 0.15) is 5.75 Å². The lowest BCUT2D eigenvalue weighted by atomic mass is 9.85. The molecule has 1 unspecified atom stereocenters. The molecule has 9 heteroatoms. The van der Waals surface area contributed by atoms with Gasteiger partial charge in [0, 0.05) is 37.2 Å². The van der Waals surface area contributed by atoms with Gasteiger partial charge in [-0.2, -0.15) is 13.2 Å². The van der Waals surface area contributed by atoms with Crippen molar-refractivity contribution in [1.82, 2.24) is 14.9 Å². The number of hydrogen-bond donors (Lipinski definition) is 1. The SMILES string of the molecule is O=C(Nc1cccc(Oc2cnccn2)c1)C1(C(F)(F)F)CCN(Cc2ccccc2)C1. The zero-order valence-corrected chi connectivity index (χ0v) is 17.0. The van der Waals surface area contributed by atoms with Crippen LogP contribution in [-0.2, 0) is 11.3 Å². The number of aromatic nitrogens is 2. The van der Waals surface area contributed by atoms with Gasteiger partial charge in [0.2, 0.25) is 11.8 Å². The van der Waals surface area contributed by atoms with Crippen LogP contribution < -0.4 is 10.1 Å². The minimum Gasteiger partial charge on any atom is -0.437 e. The Kier molecular flexibility index (Phi) is 6.09. The molecule has 1 aliphatic rings. The number of nitrogens with zero attached hydrogens (tertiary/aromatic N) is 3. The van der Waals surface area contributed by atoms with Crippen LogP contribution in [0.25, 0.3) is 0 Å². The van der Waals surface area contributed by atoms with E-state index in [0.29, 0.717) is 12.3 Å². The second-order valence-corrected chi connectivity index (χ2v) is 7.65. The first-order valence-electron chi connectivity index (χ1n) is 10.0. The summed E-state index contributed by atoms with van der Waals surface area (Å²) in [6, 6.07) is 15.4. The highest BCUT2D eigenvalue weighted by atomic mass is 19.4. The van der Waals surface area contributed by atoms with Crippen LogP contribution in [0.4, 0.5) is 18.9 Å². The average Bonchev–Trinajstić information content (AvgIpc) is 3.21. The van der Waals surface area contributed by atoms with Crippen LogP contribution in [0.3, 0.4) is 0 Å². The number of alkyl halides is 3. The summed E-state index contributed by atoms with van der Waals surface area (Å²) in [5.74, 6) is -0.520. The van der Waals surface area contributed by atoms with Crippen molar-refractivity contribution in [2.75, 3.05) is 18.4 Å². The van der Waals surface area contributed by atoms with Crippen molar-refractivity contribution in [3.63, 3.8) is 0 Å². The predicted octanol–water partition coefficient (Wildman–Crippen LogP) is 4.66. The van der Waals surface area contributed by atoms with Crippen LogP contribution in [0.5, 0.6) is 11.6 Å². The molecule has 1 N–H and O–H groups in total. The van der Waals surface area contributed by atoms with Gasteiger partial charge in [0.25, 0.3) is 0 Å². The number of carbonyl (C=O) groups is 1. The Morgan fingerprint density at radius 3 is 2.66 bits per heavy atom. The molecule has 0 bridgehead atoms. The first-order chi connectivity index (χ1) is 15.4. The molecule has 2 heterocycles. The topological polar surface area (TPSA) is 67.3 Å². The average molecular weight is 442 g/mol. The molecular formula is C23H21F3N4O2. The van der Waals surface area contributed by atoms with Gasteiger partial charge in [0.15, 0.2) is 5.41 Å². The van der Waals surface area contributed by atoms with Gasteiger partial charge < -0.3 is 10.1 Å². The van der Waals surface area contributed by atoms with Gasteiger partial charge in [0.05, 0.1) is 6.20 Å². The Labute approximate surface area is 183 Å². The second kappa shape index (κ2) is 8.96. The van der Waals surface area contributed by atoms with Crippen LogP contribution in [0.2, 0.25) is 0 Å². The normalized spacial score (nSPS) is 19.0. The fourth-order valence-corrected chi connectivity index (χ4v) is 3.76. The highest BCUT2D eigenvalue weighted by Gasteiger charge is 2.62. The Morgan fingerprint density at radius 1 is 1.12 bits per heavy atom. The number of benzene rings is 2. The number of likely N-dealkylation sites (tertiary alicyclic amines) is 1. The number of nitrogens with one attached hydrogen (secondary N) is 1. The predicted molar refractivity (Wildman–Crippen MR) is 112 cm³/mol. The minimum absolute atomic E-state index is 0.178. The van der Waals surface area contributed by atoms with Gasteiger partial charge >= 0.3 is 6.18 Å². The van der Waals surface area contributed by atoms with E-state index in [1.54, 1.807) is 17.0 Å². The Bertz CT molecular complexity index is 1060. The number of carbonyl (C=O) groups excluding carboxylic acids is 1. The van der Waals surface area contributed by atoms with Crippen molar-refractivity contribution in [1.29, 1.82) is 0 Å². The zero-order valence-electron chi connectivity index (χ0n) is 17.0. The van der Waals surface area contributed by atoms with E-state index < -0.39 is 24.0 Å². The molecule has 1 saturated heterocycles. The van der Waals surface area contributed by atoms with Crippen LogP contribution in [0.1, 0.15) is 12.0 Å². The number of halogens is 3. The summed E-state index contributed by atoms with van der Waals surface area (Å²) in [6.07, 6.45) is -0.636. The molecule has 6 nitrogen and oxygen atoms in total. The van der Waals surface area contributed by atoms with Crippen molar-refractivity contribution in [2.24, 2.45) is 5.41 Å². The van der Waals surface area contributed by atoms with E-state index in [-0.39, 0.29) is 24.5 Å². The maximum atomic E-state index is 14.1. The molecule has 1 fully saturated rings. The highest BCUT2D eigenvalue weighted by molar-refractivity contribution is 5.96. The molecule has 1 atom stereocenters. The first kappa shape index (κ1) is 21.8. The number of amides is 1. The van der Waals surface area contributed by atoms with Crippen LogP contribution in [0, 0.1) is 5.41 Å². The summed E-state index contributed by atoms with van der Waals surface area (Å²) in [6.45, 7) is 0.137. The van der Waals surface area contributed by atoms with Gasteiger partial charge in [-0.25, -0.2) is 4.98 Å². The third-order valence-corrected chi connectivity index (χ3v) is 5.43. The summed E-state index contributed by atoms with van der Waals surface area (Å²) in [4.78, 5) is 22.5. The number of hydrogen-bond acceptors (Lipinski definition) is 5. The Balaban J connectivity index is 1.49. The summed E-state index contributed by atoms with van der Waals surface area (Å²) in [5.41, 5.74) is -1.37. The fraction of sp³-hybridized carbons (Fsp3) is 0.261. The molecule has 4 rings (SSSR count). The Morgan fingerprint density at radius 2 is 1.94 bits per heavy atom. The van der Waals surface area contributed by atoms with Gasteiger partial charge in [-0.05, 0) is 30.7 Å². The van der Waals surface area contributed by atoms with Crippen molar-refractivity contribution in [3.05, 3.63) is 78.8 Å². The summed E-state index contributed by atoms with van der Waals surface area (Å²) >= 11 is 0. The van der Waals surface area contributed by atoms with E-state index in [1.165, 1.54) is 30.7 Å². The fourth-order valence-electron chi connectivity index (χ4n) is 3.76. The maximum Gasteiger partial charge on any atom is 0.404 e. The van der Waals surface area contributed by atoms with E-state index in [1.807, 2.05) is 30.3 Å². The van der Waals surface area contributed by atoms with E-state index in [4.69, 9.17) is 4.74 Å². The van der Waals surface area contributed by atoms with Gasteiger partial charge in [-0.1, -0.05) is 36.4 Å². The lowest BCUT2D eigenvalue weighted by Crippen LogP contribution is -2.49. The summed E-state index contributed by atoms with van der Waals surface area (Å²) < 4.78 is 47.9. The number of anilines is 1. The lowest BCUT2D eigenvalue weighted by Gasteiger charge is -2.30. The molecule has 0 saturated carbocycles. The smallest absolute Gasteiger partial charge is 0.404 e. The molecule has 3 aromatic rings. The third-order valence-electron chi connectivity index (χ3n) is 5.43. The Hall–Kier alpha value is -3.46. The van der Waals surface area contributed by atoms with Crippen LogP contribution in [-0.4, -0.2) is 40.0 Å². The van der Waals surface area contributed by atoms with Crippen molar-refractivity contribution in [3.8, 4) is 11.6 Å². The minimum atomic E-state index is -4.68. The summed E-state index contributed by atoms with van der Waals surface area (Å²) in [5, 5.41) is 2.44. The largest absolute Gasteiger partial charge is 0.437 e. The standard InChI is InChI=1S/C23H21F3N4O2/c24-23(25,26)22(9-12-30(16-22)15-17-5-2-1-3-6-17)21(31)29-18-7-4-8-19(13-18)32-20-14-27-10-11-28-20/h1-8,10-11,13-14H,9,12,15-16H2,(H,29,31). The first-order valence-corrected chi connectivity index (χ1v) is 10.0. The van der Waals surface area contributed by atoms with Gasteiger partial charge in [-0.3, -0.25) is 14.7 Å². The maximum absolute atomic E-state index is 14.1. The molecule has 1 aliphatic heterocycles. The second-order valence-electron chi connectivity index (χ2n) is 7.65. The monoisotopic (exact) mass is 442 g/mol. The lowest BCUT2D eigenvalue weighted by molar-refractivity contribution is -0.215. The third kappa shape index (κ3) is 4.72. The van der Waals surface area contributed by atoms with Crippen molar-refractivity contribution in [2.45, 2.75) is 19.1 Å². The molecule has 0 aliphatic carbocycles. The highest BCUT2D eigenvalue weighted by Crippen LogP contribution is 2.46. The molecule has 32 heavy (non-hydrogen) atoms. The van der Waals surface area contributed by atoms with E-state index in [9.17, 15) is 18.0 Å². The van der Waals surface area contributed by atoms with Crippen molar-refractivity contribution < 1.29 is 22.7 Å². The number of rotatable bonds is 6. The molecule has 166 valence electrons. The van der Waals surface area contributed by atoms with E-state index >= 15 is 0 Å². The molecule has 1 amide bonds. The van der Waals surface area contributed by atoms with E-state index in [0.717, 1.165) is 5.56 Å². The molecular weight excluding hydrogens is 421 g/mol. The molecule has 0 spiro atoms. The quantitative estimate of drug-likeness (QED) is 0.601. The van der Waals surface area contributed by atoms with Crippen LogP contribution >= 0.6 is 0 Å². The van der Waals surface area contributed by atoms with Crippen LogP contribution in [0.15, 0.2) is 73.2 Å². The molecule has 0 radical (unpaired) electrons. The zero-order chi connectivity index (χ0) is 22.6. The van der Waals surface area contributed by atoms with E-state index in [2.05, 4.69) is 15.3 Å².